The number of esters is 3. The van der Waals surface area contributed by atoms with Crippen LogP contribution >= 0.6 is 0 Å². The van der Waals surface area contributed by atoms with Crippen LogP contribution in [-0.2, 0) is 14.3 Å². The van der Waals surface area contributed by atoms with Gasteiger partial charge in [0.05, 0.1) is 25.3 Å². The fraction of sp³-hybridized carbons (Fsp3) is 0.105. The van der Waals surface area contributed by atoms with Gasteiger partial charge in [0.25, 0.3) is 0 Å². The van der Waals surface area contributed by atoms with E-state index < -0.39 is 17.9 Å². The average molecular weight is 340 g/mol. The van der Waals surface area contributed by atoms with Crippen molar-refractivity contribution in [2.24, 2.45) is 0 Å². The van der Waals surface area contributed by atoms with Crippen LogP contribution in [0.2, 0.25) is 0 Å². The number of methoxy groups -OCH3 is 2. The molecule has 0 saturated carbocycles. The number of ether oxygens (including phenoxy) is 3. The molecule has 6 heteroatoms. The lowest BCUT2D eigenvalue weighted by atomic mass is 10.1. The van der Waals surface area contributed by atoms with E-state index in [0.29, 0.717) is 11.1 Å². The van der Waals surface area contributed by atoms with Crippen molar-refractivity contribution in [3.05, 3.63) is 71.3 Å². The number of hydrogen-bond acceptors (Lipinski definition) is 6. The molecule has 0 heterocycles. The van der Waals surface area contributed by atoms with Gasteiger partial charge in [0.15, 0.2) is 0 Å². The molecular weight excluding hydrogens is 324 g/mol. The van der Waals surface area contributed by atoms with Gasteiger partial charge in [-0.15, -0.1) is 0 Å². The van der Waals surface area contributed by atoms with E-state index in [0.717, 1.165) is 0 Å². The van der Waals surface area contributed by atoms with Gasteiger partial charge in [0.2, 0.25) is 0 Å². The standard InChI is InChI=1S/C19H16O6/c1-23-18(21)14-9-6-13(7-10-14)8-11-17(20)25-16-5-3-4-15(12-16)19(22)24-2/h3-12H,1-2H3/b11-8+. The van der Waals surface area contributed by atoms with Gasteiger partial charge in [-0.2, -0.15) is 0 Å². The molecule has 6 nitrogen and oxygen atoms in total. The Morgan fingerprint density at radius 1 is 0.840 bits per heavy atom. The molecule has 128 valence electrons. The van der Waals surface area contributed by atoms with Crippen molar-refractivity contribution in [2.75, 3.05) is 14.2 Å². The minimum absolute atomic E-state index is 0.235. The van der Waals surface area contributed by atoms with Crippen molar-refractivity contribution in [2.45, 2.75) is 0 Å². The molecule has 2 rings (SSSR count). The van der Waals surface area contributed by atoms with Gasteiger partial charge in [-0.05, 0) is 42.0 Å². The lowest BCUT2D eigenvalue weighted by Gasteiger charge is -2.04. The van der Waals surface area contributed by atoms with Crippen LogP contribution in [0.3, 0.4) is 0 Å². The second-order valence-corrected chi connectivity index (χ2v) is 4.89. The zero-order valence-corrected chi connectivity index (χ0v) is 13.7. The van der Waals surface area contributed by atoms with E-state index in [1.54, 1.807) is 48.5 Å². The van der Waals surface area contributed by atoms with E-state index in [2.05, 4.69) is 9.47 Å². The van der Waals surface area contributed by atoms with E-state index >= 15 is 0 Å². The Morgan fingerprint density at radius 2 is 1.48 bits per heavy atom. The molecule has 0 spiro atoms. The normalized spacial score (nSPS) is 10.3. The molecule has 25 heavy (non-hydrogen) atoms. The highest BCUT2D eigenvalue weighted by atomic mass is 16.5. The first-order valence-corrected chi connectivity index (χ1v) is 7.30. The summed E-state index contributed by atoms with van der Waals surface area (Å²) in [6.45, 7) is 0. The SMILES string of the molecule is COC(=O)c1ccc(/C=C/C(=O)Oc2cccc(C(=O)OC)c2)cc1. The molecule has 2 aromatic carbocycles. The topological polar surface area (TPSA) is 78.9 Å². The Labute approximate surface area is 144 Å². The monoisotopic (exact) mass is 340 g/mol. The molecule has 0 radical (unpaired) electrons. The minimum atomic E-state index is -0.598. The maximum atomic E-state index is 11.9. The number of benzene rings is 2. The smallest absolute Gasteiger partial charge is 0.337 e. The van der Waals surface area contributed by atoms with Gasteiger partial charge in [-0.25, -0.2) is 14.4 Å². The Bertz CT molecular complexity index is 805. The van der Waals surface area contributed by atoms with Crippen molar-refractivity contribution in [1.82, 2.24) is 0 Å². The average Bonchev–Trinajstić information content (AvgIpc) is 2.65. The Balaban J connectivity index is 2.01. The lowest BCUT2D eigenvalue weighted by molar-refractivity contribution is -0.128. The van der Waals surface area contributed by atoms with Crippen molar-refractivity contribution in [3.63, 3.8) is 0 Å². The van der Waals surface area contributed by atoms with Crippen LogP contribution in [0.4, 0.5) is 0 Å². The molecule has 0 atom stereocenters. The number of carbonyl (C=O) groups is 3. The number of rotatable bonds is 5. The molecule has 0 aromatic heterocycles. The Kier molecular flexibility index (Phi) is 6.06. The molecule has 0 saturated heterocycles. The fourth-order valence-corrected chi connectivity index (χ4v) is 1.97. The second kappa shape index (κ2) is 8.44. The third kappa shape index (κ3) is 5.04. The van der Waals surface area contributed by atoms with E-state index in [1.807, 2.05) is 0 Å². The molecule has 0 aliphatic rings. The Morgan fingerprint density at radius 3 is 2.12 bits per heavy atom. The molecule has 0 aliphatic heterocycles. The maximum Gasteiger partial charge on any atom is 0.337 e. The van der Waals surface area contributed by atoms with Crippen LogP contribution in [0.15, 0.2) is 54.6 Å². The van der Waals surface area contributed by atoms with Crippen LogP contribution < -0.4 is 4.74 Å². The largest absolute Gasteiger partial charge is 0.465 e. The van der Waals surface area contributed by atoms with Gasteiger partial charge in [0, 0.05) is 6.08 Å². The molecule has 0 bridgehead atoms. The first kappa shape index (κ1) is 17.9. The molecule has 0 amide bonds. The van der Waals surface area contributed by atoms with Crippen LogP contribution in [0.1, 0.15) is 26.3 Å². The summed E-state index contributed by atoms with van der Waals surface area (Å²) in [6.07, 6.45) is 2.80. The van der Waals surface area contributed by atoms with E-state index in [9.17, 15) is 14.4 Å². The summed E-state index contributed by atoms with van der Waals surface area (Å²) in [6, 6.07) is 12.7. The minimum Gasteiger partial charge on any atom is -0.465 e. The van der Waals surface area contributed by atoms with E-state index in [1.165, 1.54) is 26.4 Å². The molecule has 0 unspecified atom stereocenters. The summed E-state index contributed by atoms with van der Waals surface area (Å²) in [5.41, 5.74) is 1.42. The summed E-state index contributed by atoms with van der Waals surface area (Å²) in [7, 11) is 2.58. The van der Waals surface area contributed by atoms with Gasteiger partial charge in [-0.1, -0.05) is 18.2 Å². The van der Waals surface area contributed by atoms with Crippen molar-refractivity contribution in [3.8, 4) is 5.75 Å². The van der Waals surface area contributed by atoms with Crippen LogP contribution in [0.5, 0.6) is 5.75 Å². The molecule has 0 fully saturated rings. The molecule has 0 aliphatic carbocycles. The summed E-state index contributed by atoms with van der Waals surface area (Å²) >= 11 is 0. The van der Waals surface area contributed by atoms with Gasteiger partial charge in [-0.3, -0.25) is 0 Å². The first-order chi connectivity index (χ1) is 12.0. The zero-order valence-electron chi connectivity index (χ0n) is 13.7. The van der Waals surface area contributed by atoms with Crippen LogP contribution in [0, 0.1) is 0 Å². The van der Waals surface area contributed by atoms with Crippen molar-refractivity contribution >= 4 is 24.0 Å². The van der Waals surface area contributed by atoms with Crippen LogP contribution in [0.25, 0.3) is 6.08 Å². The quantitative estimate of drug-likeness (QED) is 0.473. The third-order valence-electron chi connectivity index (χ3n) is 3.22. The highest BCUT2D eigenvalue weighted by molar-refractivity contribution is 5.92. The van der Waals surface area contributed by atoms with Crippen LogP contribution in [-0.4, -0.2) is 32.1 Å². The molecule has 0 N–H and O–H groups in total. The summed E-state index contributed by atoms with van der Waals surface area (Å²) < 4.78 is 14.4. The predicted octanol–water partition coefficient (Wildman–Crippen LogP) is 2.88. The molecule has 2 aromatic rings. The second-order valence-electron chi connectivity index (χ2n) is 4.89. The number of hydrogen-bond donors (Lipinski definition) is 0. The van der Waals surface area contributed by atoms with E-state index in [4.69, 9.17) is 4.74 Å². The fourth-order valence-electron chi connectivity index (χ4n) is 1.97. The maximum absolute atomic E-state index is 11.9. The highest BCUT2D eigenvalue weighted by Gasteiger charge is 2.08. The first-order valence-electron chi connectivity index (χ1n) is 7.30. The highest BCUT2D eigenvalue weighted by Crippen LogP contribution is 2.15. The predicted molar refractivity (Wildman–Crippen MR) is 90.2 cm³/mol. The van der Waals surface area contributed by atoms with E-state index in [-0.39, 0.29) is 11.3 Å². The third-order valence-corrected chi connectivity index (χ3v) is 3.22. The van der Waals surface area contributed by atoms with Crippen molar-refractivity contribution < 1.29 is 28.6 Å². The van der Waals surface area contributed by atoms with Gasteiger partial charge >= 0.3 is 17.9 Å². The lowest BCUT2D eigenvalue weighted by Crippen LogP contribution is -2.06. The van der Waals surface area contributed by atoms with Gasteiger partial charge < -0.3 is 14.2 Å². The number of carbonyl (C=O) groups excluding carboxylic acids is 3. The van der Waals surface area contributed by atoms with Crippen molar-refractivity contribution in [1.29, 1.82) is 0 Å². The Hall–Kier alpha value is -3.41. The van der Waals surface area contributed by atoms with Gasteiger partial charge in [0.1, 0.15) is 5.75 Å². The molecular formula is C19H16O6. The summed E-state index contributed by atoms with van der Waals surface area (Å²) in [4.78, 5) is 34.7. The summed E-state index contributed by atoms with van der Waals surface area (Å²) in [5.74, 6) is -1.31. The zero-order chi connectivity index (χ0) is 18.2. The summed E-state index contributed by atoms with van der Waals surface area (Å²) in [5, 5.41) is 0.